The van der Waals surface area contributed by atoms with Gasteiger partial charge in [0, 0.05) is 60.4 Å². The van der Waals surface area contributed by atoms with E-state index in [0.29, 0.717) is 53.1 Å². The normalized spacial score (nSPS) is 24.7. The number of fused-ring (bicyclic) bond motifs is 4. The smallest absolute Gasteiger partial charge is 0.330 e. The molecular formula is C49H62N8O9S2. The number of rotatable bonds is 11. The number of carboxylic acid groups (broad SMARTS) is 1. The number of pyridine rings is 1. The van der Waals surface area contributed by atoms with E-state index in [9.17, 15) is 27.9 Å². The maximum atomic E-state index is 15.0. The summed E-state index contributed by atoms with van der Waals surface area (Å²) in [5, 5.41) is 25.8. The van der Waals surface area contributed by atoms with Gasteiger partial charge in [0.1, 0.15) is 40.9 Å². The van der Waals surface area contributed by atoms with Gasteiger partial charge in [0.05, 0.1) is 29.8 Å². The van der Waals surface area contributed by atoms with E-state index in [4.69, 9.17) is 19.4 Å². The first-order chi connectivity index (χ1) is 32.4. The molecule has 17 nitrogen and oxygen atoms in total. The summed E-state index contributed by atoms with van der Waals surface area (Å²) in [5.41, 5.74) is 0.377. The van der Waals surface area contributed by atoms with Crippen LogP contribution in [0.1, 0.15) is 85.1 Å². The van der Waals surface area contributed by atoms with E-state index >= 15 is 4.79 Å². The third kappa shape index (κ3) is 10.4. The second-order valence-electron chi connectivity index (χ2n) is 19.7. The van der Waals surface area contributed by atoms with Crippen molar-refractivity contribution in [3.05, 3.63) is 71.6 Å². The van der Waals surface area contributed by atoms with Gasteiger partial charge in [0.15, 0.2) is 5.13 Å². The van der Waals surface area contributed by atoms with Crippen LogP contribution in [0.5, 0.6) is 11.5 Å². The van der Waals surface area contributed by atoms with E-state index in [1.807, 2.05) is 70.3 Å². The number of carbonyl (C=O) groups excluding carboxylic acids is 3. The van der Waals surface area contributed by atoms with Crippen molar-refractivity contribution in [1.29, 1.82) is 0 Å². The Morgan fingerprint density at radius 3 is 2.60 bits per heavy atom. The summed E-state index contributed by atoms with van der Waals surface area (Å²) in [6.07, 6.45) is 6.87. The van der Waals surface area contributed by atoms with Gasteiger partial charge in [-0.2, -0.15) is 4.31 Å². The Balaban J connectivity index is 1.08. The number of allylic oxidation sites excluding steroid dienone is 1. The minimum absolute atomic E-state index is 0.0100. The lowest BCUT2D eigenvalue weighted by molar-refractivity contribution is -0.145. The number of thiazole rings is 1. The highest BCUT2D eigenvalue weighted by atomic mass is 32.2. The fourth-order valence-electron chi connectivity index (χ4n) is 9.32. The lowest BCUT2D eigenvalue weighted by Gasteiger charge is -2.37. The molecule has 3 aliphatic heterocycles. The number of methoxy groups -OCH3 is 1. The molecule has 4 aliphatic rings. The highest BCUT2D eigenvalue weighted by Gasteiger charge is 2.61. The highest BCUT2D eigenvalue weighted by molar-refractivity contribution is 7.89. The Bertz CT molecular complexity index is 2700. The van der Waals surface area contributed by atoms with Crippen molar-refractivity contribution in [3.8, 4) is 22.9 Å². The molecule has 0 spiro atoms. The van der Waals surface area contributed by atoms with Crippen molar-refractivity contribution in [2.24, 2.45) is 11.3 Å². The molecule has 1 saturated heterocycles. The number of hydrogen-bond donors (Lipinski definition) is 5. The average molecular weight is 971 g/mol. The minimum Gasteiger partial charge on any atom is -0.497 e. The van der Waals surface area contributed by atoms with Gasteiger partial charge in [-0.15, -0.1) is 11.3 Å². The molecule has 68 heavy (non-hydrogen) atoms. The Hall–Kier alpha value is -5.79. The zero-order valence-electron chi connectivity index (χ0n) is 39.4. The van der Waals surface area contributed by atoms with E-state index in [-0.39, 0.29) is 49.8 Å². The monoisotopic (exact) mass is 970 g/mol. The van der Waals surface area contributed by atoms with Crippen LogP contribution in [-0.4, -0.2) is 119 Å². The summed E-state index contributed by atoms with van der Waals surface area (Å²) in [6.45, 7) is 10.0. The van der Waals surface area contributed by atoms with Crippen molar-refractivity contribution in [3.63, 3.8) is 0 Å². The van der Waals surface area contributed by atoms with E-state index in [1.165, 1.54) is 20.5 Å². The van der Waals surface area contributed by atoms with Crippen molar-refractivity contribution in [2.45, 2.75) is 127 Å². The molecule has 1 unspecified atom stereocenters. The fourth-order valence-corrected chi connectivity index (χ4v) is 11.9. The van der Waals surface area contributed by atoms with Crippen LogP contribution in [0.15, 0.2) is 71.0 Å². The summed E-state index contributed by atoms with van der Waals surface area (Å²) in [5.74, 6) is -1.68. The minimum atomic E-state index is -3.83. The lowest BCUT2D eigenvalue weighted by Crippen LogP contribution is -2.59. The summed E-state index contributed by atoms with van der Waals surface area (Å²) in [4.78, 5) is 67.8. The van der Waals surface area contributed by atoms with Crippen LogP contribution in [0.2, 0.25) is 0 Å². The highest BCUT2D eigenvalue weighted by Crippen LogP contribution is 2.46. The molecule has 5 N–H and O–H groups in total. The van der Waals surface area contributed by atoms with Crippen LogP contribution >= 0.6 is 11.3 Å². The molecule has 364 valence electrons. The topological polar surface area (TPSA) is 221 Å². The molecule has 0 radical (unpaired) electrons. The van der Waals surface area contributed by atoms with Crippen LogP contribution in [0.3, 0.4) is 0 Å². The quantitative estimate of drug-likeness (QED) is 0.104. The molecule has 8 rings (SSSR count). The standard InChI is InChI=1S/C49H62N8O9S2/c1-29(2)50-47-53-38(28-67-47)37-24-40(34-19-18-32(65-6)22-36(34)51-37)66-33-23-39-43(58)55-49(45(60)61)25-31(49)15-10-8-7-9-11-16-35(44(59)57(39)26-33)52-46(62)54-42(48(3,4)5)27-56-21-20-30-14-12-13-17-41(30)68(56,63)64/h10,12-15,17-19,22,24,28-29,31,33,35,39,42H,7-9,11,16,20-21,23,25-27H2,1-6H3,(H,50,53)(H,55,58)(H,60,61)(H2,52,54,62)/t31?,33-,35+,39+,42-,49-/m1/s1. The van der Waals surface area contributed by atoms with Gasteiger partial charge in [-0.25, -0.2) is 28.0 Å². The Morgan fingerprint density at radius 1 is 1.06 bits per heavy atom. The summed E-state index contributed by atoms with van der Waals surface area (Å²) >= 11 is 1.45. The van der Waals surface area contributed by atoms with E-state index in [2.05, 4.69) is 21.3 Å². The van der Waals surface area contributed by atoms with Gasteiger partial charge in [0.2, 0.25) is 21.8 Å². The number of aromatic nitrogens is 2. The van der Waals surface area contributed by atoms with Crippen molar-refractivity contribution in [1.82, 2.24) is 35.1 Å². The third-order valence-electron chi connectivity index (χ3n) is 13.3. The maximum Gasteiger partial charge on any atom is 0.330 e. The summed E-state index contributed by atoms with van der Waals surface area (Å²) < 4.78 is 41.3. The van der Waals surface area contributed by atoms with Crippen LogP contribution in [0.4, 0.5) is 9.93 Å². The number of benzene rings is 2. The Kier molecular flexibility index (Phi) is 14.1. The van der Waals surface area contributed by atoms with Crippen LogP contribution in [0.25, 0.3) is 22.3 Å². The number of nitrogens with zero attached hydrogens (tertiary/aromatic N) is 4. The second kappa shape index (κ2) is 19.7. The molecule has 4 aromatic rings. The van der Waals surface area contributed by atoms with Gasteiger partial charge in [-0.05, 0) is 75.1 Å². The van der Waals surface area contributed by atoms with Gasteiger partial charge >= 0.3 is 12.0 Å². The van der Waals surface area contributed by atoms with Gasteiger partial charge in [-0.1, -0.05) is 64.0 Å². The third-order valence-corrected chi connectivity index (χ3v) is 16.1. The zero-order chi connectivity index (χ0) is 48.5. The van der Waals surface area contributed by atoms with Crippen molar-refractivity contribution >= 4 is 61.2 Å². The molecule has 2 aromatic carbocycles. The predicted molar refractivity (Wildman–Crippen MR) is 259 cm³/mol. The van der Waals surface area contributed by atoms with Crippen LogP contribution in [0, 0.1) is 11.3 Å². The second-order valence-corrected chi connectivity index (χ2v) is 22.4. The SMILES string of the molecule is COc1ccc2c(O[C@@H]3C[C@H]4C(=O)N[C@]5(C(=O)O)CC5C=CCCCCC[C@H](NC(=O)N[C@H](CN5CCc6ccccc6S5(=O)=O)C(C)(C)C)C(=O)N4C3)cc(-c3csc(NC(C)C)n3)nc2c1. The zero-order valence-corrected chi connectivity index (χ0v) is 41.0. The molecule has 1 aliphatic carbocycles. The molecule has 4 amide bonds. The molecule has 19 heteroatoms. The van der Waals surface area contributed by atoms with Gasteiger partial charge < -0.3 is 40.7 Å². The molecule has 2 fully saturated rings. The van der Waals surface area contributed by atoms with E-state index in [0.717, 1.165) is 23.5 Å². The first kappa shape index (κ1) is 48.7. The number of carbonyl (C=O) groups is 4. The molecule has 2 aromatic heterocycles. The molecule has 1 saturated carbocycles. The first-order valence-corrected chi connectivity index (χ1v) is 25.7. The number of sulfonamides is 1. The number of urea groups is 1. The largest absolute Gasteiger partial charge is 0.497 e. The molecule has 0 bridgehead atoms. The predicted octanol–water partition coefficient (Wildman–Crippen LogP) is 6.34. The lowest BCUT2D eigenvalue weighted by atomic mass is 9.86. The maximum absolute atomic E-state index is 15.0. The number of hydrogen-bond acceptors (Lipinski definition) is 12. The number of nitrogens with one attached hydrogen (secondary N) is 4. The van der Waals surface area contributed by atoms with Crippen molar-refractivity contribution in [2.75, 3.05) is 32.1 Å². The molecule has 5 heterocycles. The number of carboxylic acids is 1. The van der Waals surface area contributed by atoms with E-state index in [1.54, 1.807) is 37.4 Å². The van der Waals surface area contributed by atoms with Crippen LogP contribution < -0.4 is 30.7 Å². The Morgan fingerprint density at radius 2 is 1.85 bits per heavy atom. The first-order valence-electron chi connectivity index (χ1n) is 23.4. The number of anilines is 1. The van der Waals surface area contributed by atoms with Gasteiger partial charge in [-0.3, -0.25) is 9.59 Å². The van der Waals surface area contributed by atoms with Crippen molar-refractivity contribution < 1.29 is 42.2 Å². The fraction of sp³-hybridized carbons (Fsp3) is 0.510. The Labute approximate surface area is 401 Å². The van der Waals surface area contributed by atoms with E-state index < -0.39 is 74.9 Å². The van der Waals surface area contributed by atoms with Crippen LogP contribution in [-0.2, 0) is 30.8 Å². The number of ether oxygens (including phenoxy) is 2. The number of aliphatic carboxylic acids is 1. The summed E-state index contributed by atoms with van der Waals surface area (Å²) in [6, 6.07) is 10.8. The molecule has 6 atom stereocenters. The molecular weight excluding hydrogens is 909 g/mol. The number of amides is 4. The average Bonchev–Trinajstić information content (AvgIpc) is 3.55. The summed E-state index contributed by atoms with van der Waals surface area (Å²) in [7, 11) is -2.27. The van der Waals surface area contributed by atoms with Gasteiger partial charge in [0.25, 0.3) is 0 Å².